The van der Waals surface area contributed by atoms with Crippen LogP contribution in [0, 0.1) is 28.6 Å². The number of aliphatic hydroxyl groups excluding tert-OH is 3. The first kappa shape index (κ1) is 29.6. The number of benzene rings is 1. The number of fused-ring (bicyclic) bond motifs is 7. The molecule has 234 valence electrons. The van der Waals surface area contributed by atoms with Gasteiger partial charge in [0.1, 0.15) is 6.61 Å². The molecule has 0 radical (unpaired) electrons. The second kappa shape index (κ2) is 10.2. The predicted molar refractivity (Wildman–Crippen MR) is 162 cm³/mol. The van der Waals surface area contributed by atoms with Gasteiger partial charge in [-0.25, -0.2) is 0 Å². The average Bonchev–Trinajstić information content (AvgIpc) is 3.62. The largest absolute Gasteiger partial charge is 0.398 e. The van der Waals surface area contributed by atoms with E-state index in [9.17, 15) is 24.9 Å². The van der Waals surface area contributed by atoms with Crippen molar-refractivity contribution >= 4 is 17.3 Å². The third-order valence-corrected chi connectivity index (χ3v) is 11.9. The number of nitrogen functional groups attached to an aromatic ring is 1. The Morgan fingerprint density at radius 3 is 2.70 bits per heavy atom. The predicted octanol–water partition coefficient (Wildman–Crippen LogP) is 3.29. The molecule has 2 heterocycles. The number of hydrogen-bond acceptors (Lipinski definition) is 8. The summed E-state index contributed by atoms with van der Waals surface area (Å²) in [6.45, 7) is 3.39. The van der Waals surface area contributed by atoms with Crippen molar-refractivity contribution in [3.05, 3.63) is 76.6 Å². The normalized spacial score (nSPS) is 39.0. The number of allylic oxidation sites excluding steroid dienone is 4. The lowest BCUT2D eigenvalue weighted by atomic mass is 9.46. The van der Waals surface area contributed by atoms with Crippen molar-refractivity contribution < 1.29 is 34.4 Å². The minimum Gasteiger partial charge on any atom is -0.398 e. The number of nitrogens with zero attached hydrogens (tertiary/aromatic N) is 1. The van der Waals surface area contributed by atoms with Crippen LogP contribution in [0.5, 0.6) is 0 Å². The highest BCUT2D eigenvalue weighted by Crippen LogP contribution is 2.70. The lowest BCUT2D eigenvalue weighted by molar-refractivity contribution is -0.202. The molecular formula is C35H42N2O7. The van der Waals surface area contributed by atoms with E-state index in [1.54, 1.807) is 12.2 Å². The number of aliphatic hydroxyl groups is 3. The van der Waals surface area contributed by atoms with E-state index in [4.69, 9.17) is 15.2 Å². The van der Waals surface area contributed by atoms with Gasteiger partial charge in [0.25, 0.3) is 0 Å². The molecule has 9 atom stereocenters. The Hall–Kier alpha value is -3.08. The summed E-state index contributed by atoms with van der Waals surface area (Å²) >= 11 is 0. The third-order valence-electron chi connectivity index (χ3n) is 11.9. The summed E-state index contributed by atoms with van der Waals surface area (Å²) in [7, 11) is 1.92. The van der Waals surface area contributed by atoms with Gasteiger partial charge in [-0.05, 0) is 79.4 Å². The van der Waals surface area contributed by atoms with Gasteiger partial charge in [0.15, 0.2) is 17.2 Å². The van der Waals surface area contributed by atoms with Gasteiger partial charge in [-0.3, -0.25) is 9.59 Å². The maximum absolute atomic E-state index is 13.8. The molecule has 9 heteroatoms. The smallest absolute Gasteiger partial charge is 0.200 e. The van der Waals surface area contributed by atoms with E-state index < -0.39 is 47.3 Å². The highest BCUT2D eigenvalue weighted by molar-refractivity contribution is 6.01. The number of aromatic nitrogens is 1. The summed E-state index contributed by atoms with van der Waals surface area (Å²) in [5, 5.41) is 31.6. The number of nitrogens with two attached hydrogens (primary N) is 1. The topological polar surface area (TPSA) is 144 Å². The number of ketones is 2. The summed E-state index contributed by atoms with van der Waals surface area (Å²) in [5.41, 5.74) is 8.64. The van der Waals surface area contributed by atoms with Crippen LogP contribution in [0.4, 0.5) is 5.69 Å². The molecule has 9 nitrogen and oxygen atoms in total. The van der Waals surface area contributed by atoms with Crippen LogP contribution in [0.3, 0.4) is 0 Å². The number of anilines is 1. The Morgan fingerprint density at radius 2 is 1.98 bits per heavy atom. The molecule has 1 saturated heterocycles. The standard InChI is InChI=1S/C35H42N2O7/c1-33-9-8-23(40)13-22(33)6-7-24-25-14-30-35(29(42)18-39,34(25,2)15-28(41)31(24)33)44-32(43-30)27-12-20(16-37(27)3)10-19-4-5-21(17-38)26(36)11-19/h4-5,8-9,11-13,16,24-25,28,30-32,38-39,41H,6-7,10,14-15,17-18,36H2,1-3H3/t24-,25-,28-,30+,31+,32+,33-,34-,35+/m0/s1. The van der Waals surface area contributed by atoms with Crippen LogP contribution >= 0.6 is 0 Å². The van der Waals surface area contributed by atoms with Gasteiger partial charge in [-0.1, -0.05) is 37.6 Å². The summed E-state index contributed by atoms with van der Waals surface area (Å²) < 4.78 is 15.4. The Bertz CT molecular complexity index is 1590. The fraction of sp³-hybridized carbons (Fsp3) is 0.543. The molecule has 5 aliphatic rings. The molecule has 1 aliphatic heterocycles. The van der Waals surface area contributed by atoms with E-state index in [1.807, 2.05) is 55.1 Å². The summed E-state index contributed by atoms with van der Waals surface area (Å²) in [4.78, 5) is 26.0. The molecule has 0 bridgehead atoms. The van der Waals surface area contributed by atoms with Gasteiger partial charge >= 0.3 is 0 Å². The van der Waals surface area contributed by atoms with Crippen molar-refractivity contribution in [3.63, 3.8) is 0 Å². The number of hydrogen-bond donors (Lipinski definition) is 4. The van der Waals surface area contributed by atoms with Crippen LogP contribution in [-0.4, -0.2) is 55.9 Å². The average molecular weight is 603 g/mol. The Labute approximate surface area is 257 Å². The summed E-state index contributed by atoms with van der Waals surface area (Å²) in [5.74, 6) is -0.348. The molecule has 0 amide bonds. The van der Waals surface area contributed by atoms with Crippen LogP contribution in [-0.2, 0) is 39.1 Å². The first-order chi connectivity index (χ1) is 20.9. The third kappa shape index (κ3) is 4.02. The molecule has 4 aliphatic carbocycles. The van der Waals surface area contributed by atoms with E-state index >= 15 is 0 Å². The molecule has 1 aromatic carbocycles. The van der Waals surface area contributed by atoms with Gasteiger partial charge in [-0.15, -0.1) is 0 Å². The zero-order valence-corrected chi connectivity index (χ0v) is 25.5. The number of ether oxygens (including phenoxy) is 2. The minimum atomic E-state index is -1.39. The van der Waals surface area contributed by atoms with Gasteiger partial charge in [-0.2, -0.15) is 0 Å². The fourth-order valence-corrected chi connectivity index (χ4v) is 9.94. The van der Waals surface area contributed by atoms with Crippen molar-refractivity contribution in [3.8, 4) is 0 Å². The fourth-order valence-electron chi connectivity index (χ4n) is 9.94. The number of carbonyl (C=O) groups excluding carboxylic acids is 2. The first-order valence-corrected chi connectivity index (χ1v) is 15.7. The quantitative estimate of drug-likeness (QED) is 0.369. The molecule has 7 rings (SSSR count). The SMILES string of the molecule is Cn1cc(Cc2ccc(CO)c(N)c2)cc1[C@@H]1O[C@@H]2C[C@H]3[C@@H]4CCC5=CC(=O)C=C[C@]5(C)[C@H]4[C@@H](O)C[C@]3(C)[C@]2(C(=O)CO)O1. The minimum absolute atomic E-state index is 0.00522. The molecule has 1 aromatic heterocycles. The van der Waals surface area contributed by atoms with Crippen molar-refractivity contribution in [2.45, 2.75) is 76.7 Å². The molecule has 4 fully saturated rings. The van der Waals surface area contributed by atoms with Gasteiger partial charge in [0.2, 0.25) is 6.29 Å². The molecule has 44 heavy (non-hydrogen) atoms. The number of rotatable bonds is 6. The second-order valence-corrected chi connectivity index (χ2v) is 14.1. The zero-order valence-electron chi connectivity index (χ0n) is 25.5. The van der Waals surface area contributed by atoms with E-state index in [-0.39, 0.29) is 30.1 Å². The molecule has 0 spiro atoms. The molecule has 3 saturated carbocycles. The van der Waals surface area contributed by atoms with E-state index in [2.05, 4.69) is 6.92 Å². The molecule has 0 unspecified atom stereocenters. The second-order valence-electron chi connectivity index (χ2n) is 14.1. The van der Waals surface area contributed by atoms with Crippen molar-refractivity contribution in [2.75, 3.05) is 12.3 Å². The van der Waals surface area contributed by atoms with Gasteiger partial charge in [0, 0.05) is 41.2 Å². The van der Waals surface area contributed by atoms with Crippen LogP contribution in [0.15, 0.2) is 54.3 Å². The Morgan fingerprint density at radius 1 is 1.18 bits per heavy atom. The van der Waals surface area contributed by atoms with Gasteiger partial charge in [0.05, 0.1) is 24.5 Å². The van der Waals surface area contributed by atoms with Crippen LogP contribution in [0.1, 0.15) is 68.2 Å². The lowest BCUT2D eigenvalue weighted by Gasteiger charge is -2.59. The first-order valence-electron chi connectivity index (χ1n) is 15.7. The van der Waals surface area contributed by atoms with Gasteiger partial charge < -0.3 is 35.1 Å². The van der Waals surface area contributed by atoms with Crippen LogP contribution in [0.25, 0.3) is 0 Å². The highest BCUT2D eigenvalue weighted by atomic mass is 16.7. The Balaban J connectivity index is 1.19. The monoisotopic (exact) mass is 602 g/mol. The van der Waals surface area contributed by atoms with E-state index in [0.29, 0.717) is 30.5 Å². The number of carbonyl (C=O) groups is 2. The van der Waals surface area contributed by atoms with Crippen molar-refractivity contribution in [1.29, 1.82) is 0 Å². The summed E-state index contributed by atoms with van der Waals surface area (Å²) in [6, 6.07) is 7.66. The molecule has 5 N–H and O–H groups in total. The van der Waals surface area contributed by atoms with Crippen LogP contribution < -0.4 is 5.73 Å². The van der Waals surface area contributed by atoms with Crippen molar-refractivity contribution in [2.24, 2.45) is 35.6 Å². The maximum atomic E-state index is 13.8. The van der Waals surface area contributed by atoms with Crippen LogP contribution in [0.2, 0.25) is 0 Å². The molecule has 2 aromatic rings. The summed E-state index contributed by atoms with van der Waals surface area (Å²) in [6.07, 6.45) is 8.37. The number of Topliss-reactive ketones (excluding diaryl/α,β-unsaturated/α-hetero) is 1. The van der Waals surface area contributed by atoms with E-state index in [1.165, 1.54) is 0 Å². The van der Waals surface area contributed by atoms with Crippen molar-refractivity contribution in [1.82, 2.24) is 4.57 Å². The molecular weight excluding hydrogens is 560 g/mol. The number of aryl methyl sites for hydroxylation is 1. The lowest BCUT2D eigenvalue weighted by Crippen LogP contribution is -2.63. The zero-order chi connectivity index (χ0) is 31.2. The Kier molecular flexibility index (Phi) is 6.88. The highest BCUT2D eigenvalue weighted by Gasteiger charge is 2.76. The maximum Gasteiger partial charge on any atom is 0.200 e. The van der Waals surface area contributed by atoms with E-state index in [0.717, 1.165) is 35.2 Å².